The third-order valence-corrected chi connectivity index (χ3v) is 4.77. The van der Waals surface area contributed by atoms with E-state index in [1.165, 1.54) is 6.92 Å². The van der Waals surface area contributed by atoms with Gasteiger partial charge in [0, 0.05) is 12.6 Å². The number of hydrogen-bond donors (Lipinski definition) is 1. The standard InChI is InChI=1S/C17H26F3NO5/c1-11(25-9-12-5-4-8-24-12)16(23)26-10-15(22)21-14-7-3-2-6-13(14)17(18,19)20/h11-14H,2-10H2,1H3,(H,21,22). The third kappa shape index (κ3) is 6.42. The Bertz CT molecular complexity index is 480. The molecule has 1 saturated heterocycles. The number of nitrogens with one attached hydrogen (secondary N) is 1. The summed E-state index contributed by atoms with van der Waals surface area (Å²) in [7, 11) is 0. The Morgan fingerprint density at radius 2 is 1.92 bits per heavy atom. The smallest absolute Gasteiger partial charge is 0.393 e. The lowest BCUT2D eigenvalue weighted by Crippen LogP contribution is -2.48. The minimum absolute atomic E-state index is 0.00233. The van der Waals surface area contributed by atoms with E-state index >= 15 is 0 Å². The van der Waals surface area contributed by atoms with E-state index in [0.717, 1.165) is 12.8 Å². The molecule has 26 heavy (non-hydrogen) atoms. The number of carbonyl (C=O) groups excluding carboxylic acids is 2. The minimum Gasteiger partial charge on any atom is -0.454 e. The Morgan fingerprint density at radius 3 is 2.58 bits per heavy atom. The summed E-state index contributed by atoms with van der Waals surface area (Å²) in [5.74, 6) is -3.01. The van der Waals surface area contributed by atoms with Crippen molar-refractivity contribution >= 4 is 11.9 Å². The van der Waals surface area contributed by atoms with Gasteiger partial charge in [0.25, 0.3) is 5.91 Å². The average molecular weight is 381 g/mol. The maximum Gasteiger partial charge on any atom is 0.393 e. The zero-order valence-corrected chi connectivity index (χ0v) is 14.8. The second-order valence-electron chi connectivity index (χ2n) is 6.82. The highest BCUT2D eigenvalue weighted by molar-refractivity contribution is 5.82. The van der Waals surface area contributed by atoms with Crippen LogP contribution in [0.5, 0.6) is 0 Å². The summed E-state index contributed by atoms with van der Waals surface area (Å²) in [4.78, 5) is 23.7. The van der Waals surface area contributed by atoms with E-state index in [4.69, 9.17) is 14.2 Å². The van der Waals surface area contributed by atoms with Crippen LogP contribution in [0.3, 0.4) is 0 Å². The van der Waals surface area contributed by atoms with Crippen LogP contribution in [0.25, 0.3) is 0 Å². The molecule has 9 heteroatoms. The lowest BCUT2D eigenvalue weighted by atomic mass is 9.84. The summed E-state index contributed by atoms with van der Waals surface area (Å²) in [5.41, 5.74) is 0. The van der Waals surface area contributed by atoms with Gasteiger partial charge in [-0.3, -0.25) is 4.79 Å². The monoisotopic (exact) mass is 381 g/mol. The van der Waals surface area contributed by atoms with E-state index in [1.807, 2.05) is 0 Å². The largest absolute Gasteiger partial charge is 0.454 e. The molecule has 1 N–H and O–H groups in total. The second-order valence-corrected chi connectivity index (χ2v) is 6.82. The molecule has 0 aromatic heterocycles. The maximum atomic E-state index is 13.0. The van der Waals surface area contributed by atoms with Gasteiger partial charge >= 0.3 is 12.1 Å². The molecule has 0 radical (unpaired) electrons. The Balaban J connectivity index is 1.70. The molecule has 2 aliphatic rings. The van der Waals surface area contributed by atoms with Gasteiger partial charge in [0.1, 0.15) is 0 Å². The molecule has 0 bridgehead atoms. The van der Waals surface area contributed by atoms with Crippen LogP contribution < -0.4 is 5.32 Å². The highest BCUT2D eigenvalue weighted by Gasteiger charge is 2.46. The van der Waals surface area contributed by atoms with Crippen molar-refractivity contribution in [2.75, 3.05) is 19.8 Å². The maximum absolute atomic E-state index is 13.0. The topological polar surface area (TPSA) is 73.9 Å². The molecule has 1 aliphatic heterocycles. The van der Waals surface area contributed by atoms with Crippen molar-refractivity contribution in [3.8, 4) is 0 Å². The van der Waals surface area contributed by atoms with Crippen molar-refractivity contribution < 1.29 is 37.0 Å². The van der Waals surface area contributed by atoms with E-state index in [9.17, 15) is 22.8 Å². The normalized spacial score (nSPS) is 27.8. The average Bonchev–Trinajstić information content (AvgIpc) is 3.10. The van der Waals surface area contributed by atoms with Crippen LogP contribution in [0.15, 0.2) is 0 Å². The third-order valence-electron chi connectivity index (χ3n) is 4.77. The fourth-order valence-electron chi connectivity index (χ4n) is 3.29. The van der Waals surface area contributed by atoms with Crippen molar-refractivity contribution in [1.82, 2.24) is 5.32 Å². The van der Waals surface area contributed by atoms with Crippen LogP contribution >= 0.6 is 0 Å². The number of alkyl halides is 3. The van der Waals surface area contributed by atoms with Crippen molar-refractivity contribution in [1.29, 1.82) is 0 Å². The van der Waals surface area contributed by atoms with Crippen molar-refractivity contribution in [3.63, 3.8) is 0 Å². The summed E-state index contributed by atoms with van der Waals surface area (Å²) in [6.07, 6.45) is -2.05. The van der Waals surface area contributed by atoms with E-state index in [-0.39, 0.29) is 25.6 Å². The summed E-state index contributed by atoms with van der Waals surface area (Å²) in [6.45, 7) is 1.81. The van der Waals surface area contributed by atoms with Gasteiger partial charge in [-0.2, -0.15) is 13.2 Å². The fraction of sp³-hybridized carbons (Fsp3) is 0.882. The van der Waals surface area contributed by atoms with Gasteiger partial charge in [-0.05, 0) is 32.6 Å². The van der Waals surface area contributed by atoms with Gasteiger partial charge in [-0.25, -0.2) is 4.79 Å². The van der Waals surface area contributed by atoms with Gasteiger partial charge in [-0.15, -0.1) is 0 Å². The molecule has 1 aliphatic carbocycles. The molecular weight excluding hydrogens is 355 g/mol. The molecule has 0 aromatic carbocycles. The van der Waals surface area contributed by atoms with E-state index in [1.54, 1.807) is 0 Å². The first-order chi connectivity index (χ1) is 12.3. The molecular formula is C17H26F3NO5. The van der Waals surface area contributed by atoms with Crippen LogP contribution in [0.1, 0.15) is 45.4 Å². The first-order valence-electron chi connectivity index (χ1n) is 9.03. The lowest BCUT2D eigenvalue weighted by molar-refractivity contribution is -0.189. The fourth-order valence-corrected chi connectivity index (χ4v) is 3.29. The Hall–Kier alpha value is -1.35. The highest BCUT2D eigenvalue weighted by Crippen LogP contribution is 2.37. The van der Waals surface area contributed by atoms with E-state index in [2.05, 4.69) is 5.32 Å². The van der Waals surface area contributed by atoms with Crippen LogP contribution in [0.4, 0.5) is 13.2 Å². The molecule has 1 amide bonds. The molecule has 4 unspecified atom stereocenters. The summed E-state index contributed by atoms with van der Waals surface area (Å²) >= 11 is 0. The molecule has 1 heterocycles. The molecule has 0 aromatic rings. The molecule has 4 atom stereocenters. The zero-order chi connectivity index (χ0) is 19.2. The molecule has 0 spiro atoms. The zero-order valence-electron chi connectivity index (χ0n) is 14.8. The molecule has 2 rings (SSSR count). The number of carbonyl (C=O) groups is 2. The SMILES string of the molecule is CC(OCC1CCCO1)C(=O)OCC(=O)NC1CCCCC1C(F)(F)F. The summed E-state index contributed by atoms with van der Waals surface area (Å²) < 4.78 is 54.6. The van der Waals surface area contributed by atoms with Gasteiger partial charge in [0.2, 0.25) is 0 Å². The number of halogens is 3. The summed E-state index contributed by atoms with van der Waals surface area (Å²) in [6, 6.07) is -0.969. The summed E-state index contributed by atoms with van der Waals surface area (Å²) in [5, 5.41) is 2.35. The first kappa shape index (κ1) is 21.0. The van der Waals surface area contributed by atoms with Crippen molar-refractivity contribution in [2.24, 2.45) is 5.92 Å². The van der Waals surface area contributed by atoms with E-state index < -0.39 is 42.7 Å². The Labute approximate surface area is 150 Å². The van der Waals surface area contributed by atoms with Crippen LogP contribution in [0, 0.1) is 5.92 Å². The van der Waals surface area contributed by atoms with Crippen LogP contribution in [0.2, 0.25) is 0 Å². The van der Waals surface area contributed by atoms with Crippen LogP contribution in [-0.4, -0.2) is 56.1 Å². The Kier molecular flexibility index (Phi) is 7.69. The van der Waals surface area contributed by atoms with Crippen LogP contribution in [-0.2, 0) is 23.8 Å². The van der Waals surface area contributed by atoms with Gasteiger partial charge in [0.05, 0.1) is 18.6 Å². The molecule has 1 saturated carbocycles. The number of amides is 1. The van der Waals surface area contributed by atoms with Gasteiger partial charge in [0.15, 0.2) is 12.7 Å². The number of hydrogen-bond acceptors (Lipinski definition) is 5. The van der Waals surface area contributed by atoms with Gasteiger partial charge < -0.3 is 19.5 Å². The number of rotatable bonds is 7. The number of ether oxygens (including phenoxy) is 3. The minimum atomic E-state index is -4.35. The predicted octanol–water partition coefficient (Wildman–Crippen LogP) is 2.35. The van der Waals surface area contributed by atoms with Gasteiger partial charge in [-0.1, -0.05) is 12.8 Å². The number of esters is 1. The lowest BCUT2D eigenvalue weighted by Gasteiger charge is -2.33. The molecule has 150 valence electrons. The Morgan fingerprint density at radius 1 is 1.19 bits per heavy atom. The van der Waals surface area contributed by atoms with Crippen molar-refractivity contribution in [3.05, 3.63) is 0 Å². The van der Waals surface area contributed by atoms with E-state index in [0.29, 0.717) is 19.4 Å². The second kappa shape index (κ2) is 9.55. The molecule has 2 fully saturated rings. The quantitative estimate of drug-likeness (QED) is 0.686. The highest BCUT2D eigenvalue weighted by atomic mass is 19.4. The predicted molar refractivity (Wildman–Crippen MR) is 85.3 cm³/mol. The van der Waals surface area contributed by atoms with Crippen molar-refractivity contribution in [2.45, 2.75) is 69.9 Å². The first-order valence-corrected chi connectivity index (χ1v) is 9.03. The molecule has 6 nitrogen and oxygen atoms in total.